The van der Waals surface area contributed by atoms with Gasteiger partial charge in [0.2, 0.25) is 0 Å². The molecule has 1 unspecified atom stereocenters. The molecule has 0 saturated carbocycles. The predicted octanol–water partition coefficient (Wildman–Crippen LogP) is 3.95. The molecule has 0 fully saturated rings. The van der Waals surface area contributed by atoms with Gasteiger partial charge in [0.1, 0.15) is 0 Å². The highest BCUT2D eigenvalue weighted by atomic mass is 14.9. The molecule has 1 nitrogen and oxygen atoms in total. The molecule has 0 bridgehead atoms. The Labute approximate surface area is 107 Å². The summed E-state index contributed by atoms with van der Waals surface area (Å²) < 4.78 is 0. The molecule has 0 radical (unpaired) electrons. The smallest absolute Gasteiger partial charge is 0.0158 e. The fourth-order valence-electron chi connectivity index (χ4n) is 2.08. The molecule has 1 aromatic rings. The van der Waals surface area contributed by atoms with E-state index < -0.39 is 0 Å². The Bertz CT molecular complexity index is 324. The average molecular weight is 233 g/mol. The van der Waals surface area contributed by atoms with Crippen molar-refractivity contribution in [3.05, 3.63) is 35.4 Å². The molecule has 0 amide bonds. The summed E-state index contributed by atoms with van der Waals surface area (Å²) in [5.74, 6) is 0. The van der Waals surface area contributed by atoms with E-state index in [4.69, 9.17) is 0 Å². The summed E-state index contributed by atoms with van der Waals surface area (Å²) in [6.45, 7) is 12.4. The maximum absolute atomic E-state index is 3.64. The van der Waals surface area contributed by atoms with Crippen molar-refractivity contribution in [2.24, 2.45) is 5.41 Å². The quantitative estimate of drug-likeness (QED) is 0.784. The first-order valence-corrected chi connectivity index (χ1v) is 6.78. The van der Waals surface area contributed by atoms with Gasteiger partial charge in [-0.25, -0.2) is 0 Å². The minimum absolute atomic E-state index is 0.348. The van der Waals surface area contributed by atoms with Gasteiger partial charge in [-0.15, -0.1) is 0 Å². The molecule has 1 atom stereocenters. The molecule has 0 aliphatic rings. The normalized spacial score (nSPS) is 13.7. The predicted molar refractivity (Wildman–Crippen MR) is 76.4 cm³/mol. The van der Waals surface area contributed by atoms with Crippen LogP contribution in [0, 0.1) is 12.3 Å². The van der Waals surface area contributed by atoms with E-state index in [9.17, 15) is 0 Å². The maximum Gasteiger partial charge on any atom is 0.0158 e. The lowest BCUT2D eigenvalue weighted by atomic mass is 9.79. The van der Waals surface area contributed by atoms with E-state index in [1.807, 2.05) is 0 Å². The highest BCUT2D eigenvalue weighted by Gasteiger charge is 2.26. The zero-order valence-electron chi connectivity index (χ0n) is 12.0. The Morgan fingerprint density at radius 1 is 1.12 bits per heavy atom. The maximum atomic E-state index is 3.64. The van der Waals surface area contributed by atoms with Gasteiger partial charge in [-0.2, -0.15) is 0 Å². The first-order chi connectivity index (χ1) is 7.99. The van der Waals surface area contributed by atoms with Crippen molar-refractivity contribution in [2.45, 2.75) is 53.5 Å². The van der Waals surface area contributed by atoms with E-state index in [2.05, 4.69) is 64.2 Å². The summed E-state index contributed by atoms with van der Waals surface area (Å²) in [5.41, 5.74) is 3.12. The van der Waals surface area contributed by atoms with Crippen LogP contribution in [0.3, 0.4) is 0 Å². The minimum atomic E-state index is 0.348. The molecule has 17 heavy (non-hydrogen) atoms. The van der Waals surface area contributed by atoms with Crippen LogP contribution in [0.15, 0.2) is 24.3 Å². The molecule has 96 valence electrons. The van der Waals surface area contributed by atoms with Crippen LogP contribution in [0.2, 0.25) is 0 Å². The van der Waals surface area contributed by atoms with Crippen molar-refractivity contribution in [3.8, 4) is 0 Å². The lowest BCUT2D eigenvalue weighted by molar-refractivity contribution is 0.233. The number of likely N-dealkylation sites (N-methyl/N-ethyl adjacent to an activating group) is 1. The van der Waals surface area contributed by atoms with E-state index in [0.29, 0.717) is 11.5 Å². The van der Waals surface area contributed by atoms with Crippen LogP contribution in [0.25, 0.3) is 0 Å². The molecule has 1 heteroatoms. The summed E-state index contributed by atoms with van der Waals surface area (Å²) in [5, 5.41) is 3.64. The fourth-order valence-corrected chi connectivity index (χ4v) is 2.08. The SMILES string of the molecule is CCNC(Cc1ccc(C)cc1)C(C)(C)CC. The third kappa shape index (κ3) is 4.16. The molecular weight excluding hydrogens is 206 g/mol. The van der Waals surface area contributed by atoms with Crippen LogP contribution in [-0.4, -0.2) is 12.6 Å². The Kier molecular flexibility index (Phi) is 5.20. The number of hydrogen-bond donors (Lipinski definition) is 1. The molecule has 0 heterocycles. The number of benzene rings is 1. The molecular formula is C16H27N. The van der Waals surface area contributed by atoms with Gasteiger partial charge in [-0.05, 0) is 37.3 Å². The summed E-state index contributed by atoms with van der Waals surface area (Å²) >= 11 is 0. The minimum Gasteiger partial charge on any atom is -0.313 e. The van der Waals surface area contributed by atoms with Crippen LogP contribution >= 0.6 is 0 Å². The van der Waals surface area contributed by atoms with Crippen molar-refractivity contribution in [1.29, 1.82) is 0 Å². The molecule has 0 aliphatic heterocycles. The lowest BCUT2D eigenvalue weighted by Crippen LogP contribution is -2.43. The number of hydrogen-bond acceptors (Lipinski definition) is 1. The van der Waals surface area contributed by atoms with Gasteiger partial charge in [0.15, 0.2) is 0 Å². The van der Waals surface area contributed by atoms with E-state index in [1.165, 1.54) is 17.5 Å². The molecule has 1 N–H and O–H groups in total. The number of rotatable bonds is 6. The third-order valence-corrected chi connectivity index (χ3v) is 3.87. The van der Waals surface area contributed by atoms with Gasteiger partial charge in [0, 0.05) is 6.04 Å². The number of nitrogens with one attached hydrogen (secondary N) is 1. The Morgan fingerprint density at radius 3 is 2.18 bits per heavy atom. The van der Waals surface area contributed by atoms with Crippen LogP contribution in [-0.2, 0) is 6.42 Å². The van der Waals surface area contributed by atoms with Crippen LogP contribution in [0.1, 0.15) is 45.2 Å². The summed E-state index contributed by atoms with van der Waals surface area (Å²) in [6.07, 6.45) is 2.32. The first kappa shape index (κ1) is 14.2. The van der Waals surface area contributed by atoms with Gasteiger partial charge in [0.25, 0.3) is 0 Å². The van der Waals surface area contributed by atoms with Crippen molar-refractivity contribution in [1.82, 2.24) is 5.32 Å². The zero-order chi connectivity index (χ0) is 12.9. The van der Waals surface area contributed by atoms with Crippen molar-refractivity contribution in [2.75, 3.05) is 6.54 Å². The molecule has 0 spiro atoms. The van der Waals surface area contributed by atoms with Gasteiger partial charge in [0.05, 0.1) is 0 Å². The van der Waals surface area contributed by atoms with Gasteiger partial charge < -0.3 is 5.32 Å². The molecule has 0 aliphatic carbocycles. The molecule has 0 saturated heterocycles. The van der Waals surface area contributed by atoms with Crippen LogP contribution in [0.5, 0.6) is 0 Å². The third-order valence-electron chi connectivity index (χ3n) is 3.87. The average Bonchev–Trinajstić information content (AvgIpc) is 2.31. The van der Waals surface area contributed by atoms with Crippen molar-refractivity contribution < 1.29 is 0 Å². The largest absolute Gasteiger partial charge is 0.313 e. The highest BCUT2D eigenvalue weighted by molar-refractivity contribution is 5.22. The Balaban J connectivity index is 2.76. The molecule has 1 aromatic carbocycles. The molecule has 1 rings (SSSR count). The highest BCUT2D eigenvalue weighted by Crippen LogP contribution is 2.27. The summed E-state index contributed by atoms with van der Waals surface area (Å²) in [7, 11) is 0. The fraction of sp³-hybridized carbons (Fsp3) is 0.625. The summed E-state index contributed by atoms with van der Waals surface area (Å²) in [4.78, 5) is 0. The topological polar surface area (TPSA) is 12.0 Å². The van der Waals surface area contributed by atoms with E-state index >= 15 is 0 Å². The van der Waals surface area contributed by atoms with Gasteiger partial charge in [-0.1, -0.05) is 57.5 Å². The number of aryl methyl sites for hydroxylation is 1. The van der Waals surface area contributed by atoms with Crippen molar-refractivity contribution in [3.63, 3.8) is 0 Å². The first-order valence-electron chi connectivity index (χ1n) is 6.78. The second-order valence-corrected chi connectivity index (χ2v) is 5.64. The Morgan fingerprint density at radius 2 is 1.71 bits per heavy atom. The summed E-state index contributed by atoms with van der Waals surface area (Å²) in [6, 6.07) is 9.48. The van der Waals surface area contributed by atoms with Gasteiger partial charge in [-0.3, -0.25) is 0 Å². The second-order valence-electron chi connectivity index (χ2n) is 5.64. The van der Waals surface area contributed by atoms with Crippen molar-refractivity contribution >= 4 is 0 Å². The van der Waals surface area contributed by atoms with E-state index in [0.717, 1.165) is 13.0 Å². The van der Waals surface area contributed by atoms with E-state index in [-0.39, 0.29) is 0 Å². The van der Waals surface area contributed by atoms with Gasteiger partial charge >= 0.3 is 0 Å². The standard InChI is InChI=1S/C16H27N/c1-6-16(4,5)15(17-7-2)12-14-10-8-13(3)9-11-14/h8-11,15,17H,6-7,12H2,1-5H3. The van der Waals surface area contributed by atoms with Crippen LogP contribution < -0.4 is 5.32 Å². The zero-order valence-corrected chi connectivity index (χ0v) is 12.0. The lowest BCUT2D eigenvalue weighted by Gasteiger charge is -2.34. The van der Waals surface area contributed by atoms with Crippen LogP contribution in [0.4, 0.5) is 0 Å². The monoisotopic (exact) mass is 233 g/mol. The molecule has 0 aromatic heterocycles. The van der Waals surface area contributed by atoms with E-state index in [1.54, 1.807) is 0 Å². The Hall–Kier alpha value is -0.820. The second kappa shape index (κ2) is 6.20.